The van der Waals surface area contributed by atoms with Gasteiger partial charge in [0.1, 0.15) is 0 Å². The number of hydrogen-bond acceptors (Lipinski definition) is 5. The van der Waals surface area contributed by atoms with Gasteiger partial charge in [0, 0.05) is 23.9 Å². The molecule has 2 fully saturated rings. The SMILES string of the molecule is Cc1ccc(-c2csc(NC(=O)CCN3C(=O)C4CCCCC4C3=O)n2)c(C)c1. The van der Waals surface area contributed by atoms with Crippen molar-refractivity contribution in [2.45, 2.75) is 46.0 Å². The minimum absolute atomic E-state index is 0.0927. The number of amides is 3. The molecule has 1 aliphatic carbocycles. The van der Waals surface area contributed by atoms with E-state index in [9.17, 15) is 14.4 Å². The fraction of sp³-hybridized carbons (Fsp3) is 0.455. The predicted octanol–water partition coefficient (Wildman–Crippen LogP) is 3.93. The van der Waals surface area contributed by atoms with Gasteiger partial charge in [0.05, 0.1) is 17.5 Å². The van der Waals surface area contributed by atoms with Gasteiger partial charge in [-0.1, -0.05) is 36.6 Å². The number of carbonyl (C=O) groups excluding carboxylic acids is 3. The number of nitrogens with one attached hydrogen (secondary N) is 1. The molecule has 0 spiro atoms. The second-order valence-electron chi connectivity index (χ2n) is 7.98. The molecule has 4 rings (SSSR count). The number of hydrogen-bond donors (Lipinski definition) is 1. The Kier molecular flexibility index (Phi) is 5.50. The molecule has 1 aromatic carbocycles. The molecule has 1 saturated carbocycles. The zero-order chi connectivity index (χ0) is 20.5. The first kappa shape index (κ1) is 19.8. The number of benzene rings is 1. The number of fused-ring (bicyclic) bond motifs is 1. The van der Waals surface area contributed by atoms with E-state index in [2.05, 4.69) is 16.4 Å². The van der Waals surface area contributed by atoms with Crippen LogP contribution in [0.3, 0.4) is 0 Å². The molecule has 2 aromatic rings. The molecular weight excluding hydrogens is 386 g/mol. The van der Waals surface area contributed by atoms with E-state index in [1.165, 1.54) is 21.8 Å². The second kappa shape index (κ2) is 8.06. The maximum atomic E-state index is 12.5. The summed E-state index contributed by atoms with van der Waals surface area (Å²) in [5.74, 6) is -0.767. The normalized spacial score (nSPS) is 21.4. The van der Waals surface area contributed by atoms with Gasteiger partial charge in [0.15, 0.2) is 5.13 Å². The van der Waals surface area contributed by atoms with Crippen molar-refractivity contribution in [3.05, 3.63) is 34.7 Å². The van der Waals surface area contributed by atoms with Crippen LogP contribution in [0.2, 0.25) is 0 Å². The lowest BCUT2D eigenvalue weighted by atomic mass is 9.81. The van der Waals surface area contributed by atoms with Crippen LogP contribution in [0.15, 0.2) is 23.6 Å². The highest BCUT2D eigenvalue weighted by molar-refractivity contribution is 7.14. The summed E-state index contributed by atoms with van der Waals surface area (Å²) in [5, 5.41) is 5.25. The van der Waals surface area contributed by atoms with Gasteiger partial charge in [0.2, 0.25) is 17.7 Å². The summed E-state index contributed by atoms with van der Waals surface area (Å²) in [4.78, 5) is 43.2. The molecular formula is C22H25N3O3S. The Hall–Kier alpha value is -2.54. The Morgan fingerprint density at radius 1 is 1.17 bits per heavy atom. The van der Waals surface area contributed by atoms with Crippen LogP contribution in [0.1, 0.15) is 43.2 Å². The summed E-state index contributed by atoms with van der Waals surface area (Å²) < 4.78 is 0. The minimum Gasteiger partial charge on any atom is -0.302 e. The van der Waals surface area contributed by atoms with Crippen molar-refractivity contribution in [3.8, 4) is 11.3 Å². The quantitative estimate of drug-likeness (QED) is 0.756. The van der Waals surface area contributed by atoms with Gasteiger partial charge in [-0.15, -0.1) is 11.3 Å². The predicted molar refractivity (Wildman–Crippen MR) is 112 cm³/mol. The van der Waals surface area contributed by atoms with E-state index in [1.807, 2.05) is 31.4 Å². The maximum absolute atomic E-state index is 12.5. The molecule has 3 amide bonds. The molecule has 1 aliphatic heterocycles. The van der Waals surface area contributed by atoms with E-state index >= 15 is 0 Å². The molecule has 152 valence electrons. The van der Waals surface area contributed by atoms with E-state index < -0.39 is 0 Å². The fourth-order valence-corrected chi connectivity index (χ4v) is 5.13. The Morgan fingerprint density at radius 2 is 1.86 bits per heavy atom. The summed E-state index contributed by atoms with van der Waals surface area (Å²) in [5.41, 5.74) is 4.21. The number of anilines is 1. The number of rotatable bonds is 5. The van der Waals surface area contributed by atoms with Crippen LogP contribution in [0, 0.1) is 25.7 Å². The molecule has 6 nitrogen and oxygen atoms in total. The summed E-state index contributed by atoms with van der Waals surface area (Å²) in [6, 6.07) is 6.19. The van der Waals surface area contributed by atoms with Gasteiger partial charge >= 0.3 is 0 Å². The Morgan fingerprint density at radius 3 is 2.52 bits per heavy atom. The van der Waals surface area contributed by atoms with Crippen LogP contribution in [-0.4, -0.2) is 34.2 Å². The van der Waals surface area contributed by atoms with Crippen LogP contribution in [0.25, 0.3) is 11.3 Å². The van der Waals surface area contributed by atoms with E-state index in [4.69, 9.17) is 0 Å². The van der Waals surface area contributed by atoms with Crippen molar-refractivity contribution in [2.24, 2.45) is 11.8 Å². The number of thiazole rings is 1. The highest BCUT2D eigenvalue weighted by atomic mass is 32.1. The highest BCUT2D eigenvalue weighted by Gasteiger charge is 2.47. The zero-order valence-corrected chi connectivity index (χ0v) is 17.6. The van der Waals surface area contributed by atoms with Crippen molar-refractivity contribution in [1.29, 1.82) is 0 Å². The van der Waals surface area contributed by atoms with Crippen molar-refractivity contribution in [2.75, 3.05) is 11.9 Å². The van der Waals surface area contributed by atoms with E-state index in [0.717, 1.165) is 42.5 Å². The number of imide groups is 1. The molecule has 1 aromatic heterocycles. The van der Waals surface area contributed by atoms with Crippen LogP contribution in [0.4, 0.5) is 5.13 Å². The monoisotopic (exact) mass is 411 g/mol. The summed E-state index contributed by atoms with van der Waals surface area (Å²) >= 11 is 1.37. The first-order valence-corrected chi connectivity index (χ1v) is 11.0. The molecule has 2 aliphatic rings. The summed E-state index contributed by atoms with van der Waals surface area (Å²) in [6.07, 6.45) is 3.68. The summed E-state index contributed by atoms with van der Waals surface area (Å²) in [6.45, 7) is 4.24. The lowest BCUT2D eigenvalue weighted by molar-refractivity contribution is -0.140. The van der Waals surface area contributed by atoms with Gasteiger partial charge in [0.25, 0.3) is 0 Å². The van der Waals surface area contributed by atoms with Crippen molar-refractivity contribution in [1.82, 2.24) is 9.88 Å². The van der Waals surface area contributed by atoms with Crippen LogP contribution < -0.4 is 5.32 Å². The van der Waals surface area contributed by atoms with Crippen molar-refractivity contribution in [3.63, 3.8) is 0 Å². The van der Waals surface area contributed by atoms with E-state index in [1.54, 1.807) is 0 Å². The second-order valence-corrected chi connectivity index (χ2v) is 8.84. The number of nitrogens with zero attached hydrogens (tertiary/aromatic N) is 2. The minimum atomic E-state index is -0.234. The third kappa shape index (κ3) is 3.96. The first-order valence-electron chi connectivity index (χ1n) is 10.1. The molecule has 0 bridgehead atoms. The van der Waals surface area contributed by atoms with Gasteiger partial charge in [-0.2, -0.15) is 0 Å². The largest absolute Gasteiger partial charge is 0.302 e. The van der Waals surface area contributed by atoms with Gasteiger partial charge in [-0.3, -0.25) is 19.3 Å². The molecule has 1 saturated heterocycles. The average molecular weight is 412 g/mol. The Balaban J connectivity index is 1.35. The van der Waals surface area contributed by atoms with Gasteiger partial charge in [-0.05, 0) is 32.3 Å². The van der Waals surface area contributed by atoms with Gasteiger partial charge < -0.3 is 5.32 Å². The Labute approximate surface area is 174 Å². The number of carbonyl (C=O) groups is 3. The lowest BCUT2D eigenvalue weighted by Gasteiger charge is -2.19. The third-order valence-electron chi connectivity index (χ3n) is 5.90. The van der Waals surface area contributed by atoms with Crippen LogP contribution in [0.5, 0.6) is 0 Å². The van der Waals surface area contributed by atoms with Crippen molar-refractivity contribution >= 4 is 34.2 Å². The molecule has 2 heterocycles. The maximum Gasteiger partial charge on any atom is 0.233 e. The third-order valence-corrected chi connectivity index (χ3v) is 6.66. The molecule has 1 N–H and O–H groups in total. The fourth-order valence-electron chi connectivity index (χ4n) is 4.40. The van der Waals surface area contributed by atoms with Gasteiger partial charge in [-0.25, -0.2) is 4.98 Å². The van der Waals surface area contributed by atoms with Crippen LogP contribution >= 0.6 is 11.3 Å². The highest BCUT2D eigenvalue weighted by Crippen LogP contribution is 2.38. The molecule has 29 heavy (non-hydrogen) atoms. The first-order chi connectivity index (χ1) is 13.9. The number of likely N-dealkylation sites (tertiary alicyclic amines) is 1. The average Bonchev–Trinajstić information content (AvgIpc) is 3.24. The Bertz CT molecular complexity index is 944. The molecule has 2 atom stereocenters. The van der Waals surface area contributed by atoms with Crippen molar-refractivity contribution < 1.29 is 14.4 Å². The number of aromatic nitrogens is 1. The van der Waals surface area contributed by atoms with E-state index in [-0.39, 0.29) is 42.5 Å². The molecule has 0 radical (unpaired) electrons. The molecule has 2 unspecified atom stereocenters. The van der Waals surface area contributed by atoms with E-state index in [0.29, 0.717) is 5.13 Å². The zero-order valence-electron chi connectivity index (χ0n) is 16.7. The number of aryl methyl sites for hydroxylation is 2. The standard InChI is InChI=1S/C22H25N3O3S/c1-13-7-8-15(14(2)11-13)18-12-29-22(23-18)24-19(26)9-10-25-20(27)16-5-3-4-6-17(16)21(25)28/h7-8,11-12,16-17H,3-6,9-10H2,1-2H3,(H,23,24,26). The van der Waals surface area contributed by atoms with Crippen LogP contribution in [-0.2, 0) is 14.4 Å². The lowest BCUT2D eigenvalue weighted by Crippen LogP contribution is -2.34. The molecule has 7 heteroatoms. The summed E-state index contributed by atoms with van der Waals surface area (Å²) in [7, 11) is 0. The topological polar surface area (TPSA) is 79.4 Å². The smallest absolute Gasteiger partial charge is 0.233 e.